The smallest absolute Gasteiger partial charge is 0.325 e. The van der Waals surface area contributed by atoms with Crippen molar-refractivity contribution in [3.63, 3.8) is 0 Å². The summed E-state index contributed by atoms with van der Waals surface area (Å²) in [5.74, 6) is 1.01. The second-order valence-electron chi connectivity index (χ2n) is 7.17. The molecular formula is C23H22ClN3O3S. The van der Waals surface area contributed by atoms with Gasteiger partial charge in [-0.15, -0.1) is 0 Å². The molecule has 0 spiro atoms. The van der Waals surface area contributed by atoms with E-state index >= 15 is 0 Å². The summed E-state index contributed by atoms with van der Waals surface area (Å²) in [4.78, 5) is 18.5. The number of esters is 1. The summed E-state index contributed by atoms with van der Waals surface area (Å²) >= 11 is 11.8. The van der Waals surface area contributed by atoms with E-state index in [0.29, 0.717) is 28.3 Å². The quantitative estimate of drug-likeness (QED) is 0.421. The zero-order valence-electron chi connectivity index (χ0n) is 17.2. The van der Waals surface area contributed by atoms with E-state index in [-0.39, 0.29) is 24.6 Å². The van der Waals surface area contributed by atoms with Crippen LogP contribution >= 0.6 is 23.8 Å². The van der Waals surface area contributed by atoms with Gasteiger partial charge in [-0.05, 0) is 62.0 Å². The van der Waals surface area contributed by atoms with Gasteiger partial charge in [-0.25, -0.2) is 0 Å². The number of halogens is 1. The number of carbonyl (C=O) groups is 1. The van der Waals surface area contributed by atoms with E-state index < -0.39 is 0 Å². The molecule has 1 N–H and O–H groups in total. The maximum atomic E-state index is 12.3. The van der Waals surface area contributed by atoms with Gasteiger partial charge in [0.15, 0.2) is 5.11 Å². The molecule has 0 saturated carbocycles. The molecule has 1 aromatic carbocycles. The first kappa shape index (κ1) is 21.3. The van der Waals surface area contributed by atoms with Gasteiger partial charge in [0.1, 0.15) is 24.1 Å². The summed E-state index contributed by atoms with van der Waals surface area (Å²) in [6.07, 6.45) is 1.73. The molecule has 1 fully saturated rings. The van der Waals surface area contributed by atoms with Crippen LogP contribution in [-0.4, -0.2) is 34.1 Å². The number of hydrogen-bond donors (Lipinski definition) is 1. The number of nitrogens with zero attached hydrogens (tertiary/aromatic N) is 2. The number of ether oxygens (including phenoxy) is 1. The van der Waals surface area contributed by atoms with Gasteiger partial charge in [0.2, 0.25) is 0 Å². The van der Waals surface area contributed by atoms with Crippen LogP contribution in [0.2, 0.25) is 5.02 Å². The fourth-order valence-electron chi connectivity index (χ4n) is 3.76. The fourth-order valence-corrected chi connectivity index (χ4v) is 4.24. The van der Waals surface area contributed by atoms with Crippen LogP contribution in [0, 0.1) is 6.92 Å². The van der Waals surface area contributed by atoms with E-state index in [1.54, 1.807) is 18.0 Å². The van der Waals surface area contributed by atoms with Crippen molar-refractivity contribution in [1.82, 2.24) is 15.2 Å². The second kappa shape index (κ2) is 9.08. The zero-order valence-corrected chi connectivity index (χ0v) is 18.7. The minimum absolute atomic E-state index is 0.0138. The first-order valence-electron chi connectivity index (χ1n) is 9.98. The van der Waals surface area contributed by atoms with Gasteiger partial charge >= 0.3 is 5.97 Å². The average molecular weight is 456 g/mol. The van der Waals surface area contributed by atoms with Gasteiger partial charge in [-0.3, -0.25) is 9.78 Å². The van der Waals surface area contributed by atoms with Gasteiger partial charge < -0.3 is 19.4 Å². The predicted octanol–water partition coefficient (Wildman–Crippen LogP) is 4.84. The molecule has 3 heterocycles. The summed E-state index contributed by atoms with van der Waals surface area (Å²) in [6, 6.07) is 14.6. The topological polar surface area (TPSA) is 67.6 Å². The predicted molar refractivity (Wildman–Crippen MR) is 123 cm³/mol. The van der Waals surface area contributed by atoms with E-state index in [2.05, 4.69) is 10.3 Å². The number of carbonyl (C=O) groups excluding carboxylic acids is 1. The molecular weight excluding hydrogens is 434 g/mol. The molecule has 0 bridgehead atoms. The lowest BCUT2D eigenvalue weighted by molar-refractivity contribution is -0.143. The number of hydrogen-bond acceptors (Lipinski definition) is 5. The molecule has 8 heteroatoms. The maximum absolute atomic E-state index is 12.3. The van der Waals surface area contributed by atoms with Gasteiger partial charge in [0, 0.05) is 16.8 Å². The van der Waals surface area contributed by atoms with Crippen molar-refractivity contribution in [3.05, 3.63) is 76.8 Å². The average Bonchev–Trinajstić information content (AvgIpc) is 3.36. The van der Waals surface area contributed by atoms with Crippen LogP contribution in [0.5, 0.6) is 0 Å². The number of furan rings is 1. The Morgan fingerprint density at radius 2 is 2.10 bits per heavy atom. The first-order chi connectivity index (χ1) is 15.0. The zero-order chi connectivity index (χ0) is 22.0. The van der Waals surface area contributed by atoms with E-state index in [4.69, 9.17) is 33.0 Å². The van der Waals surface area contributed by atoms with Gasteiger partial charge in [0.25, 0.3) is 0 Å². The third kappa shape index (κ3) is 4.29. The van der Waals surface area contributed by atoms with Crippen molar-refractivity contribution >= 4 is 34.9 Å². The Labute approximate surface area is 191 Å². The van der Waals surface area contributed by atoms with Crippen LogP contribution in [0.4, 0.5) is 0 Å². The molecule has 0 aliphatic carbocycles. The van der Waals surface area contributed by atoms with Crippen molar-refractivity contribution < 1.29 is 13.9 Å². The van der Waals surface area contributed by atoms with Crippen molar-refractivity contribution in [2.24, 2.45) is 0 Å². The molecule has 2 aromatic heterocycles. The number of nitrogens with one attached hydrogen (secondary N) is 1. The lowest BCUT2D eigenvalue weighted by atomic mass is 10.0. The van der Waals surface area contributed by atoms with Crippen molar-refractivity contribution in [2.45, 2.75) is 25.9 Å². The Balaban J connectivity index is 1.73. The highest BCUT2D eigenvalue weighted by Gasteiger charge is 2.42. The molecule has 0 radical (unpaired) electrons. The van der Waals surface area contributed by atoms with E-state index in [9.17, 15) is 4.79 Å². The molecule has 2 unspecified atom stereocenters. The van der Waals surface area contributed by atoms with Crippen LogP contribution in [-0.2, 0) is 9.53 Å². The second-order valence-corrected chi connectivity index (χ2v) is 7.97. The lowest BCUT2D eigenvalue weighted by Crippen LogP contribution is -2.35. The summed E-state index contributed by atoms with van der Waals surface area (Å²) in [6.45, 7) is 4.05. The van der Waals surface area contributed by atoms with Gasteiger partial charge in [-0.2, -0.15) is 0 Å². The fraction of sp³-hybridized carbons (Fsp3) is 0.261. The molecule has 6 nitrogen and oxygen atoms in total. The molecule has 31 heavy (non-hydrogen) atoms. The minimum Gasteiger partial charge on any atom is -0.465 e. The Morgan fingerprint density at radius 3 is 2.84 bits per heavy atom. The highest BCUT2D eigenvalue weighted by molar-refractivity contribution is 7.80. The standard InChI is InChI=1S/C23H22ClN3O3S/c1-3-29-20(28)13-27-22(21(26-23(27)31)17-9-4-5-12-25-17)19-11-10-18(30-19)15-7-6-8-16(24)14(15)2/h4-12,21-22H,3,13H2,1-2H3,(H,26,31). The number of pyridine rings is 1. The van der Waals surface area contributed by atoms with E-state index in [1.165, 1.54) is 0 Å². The molecule has 2 atom stereocenters. The Morgan fingerprint density at radius 1 is 1.26 bits per heavy atom. The number of rotatable bonds is 6. The summed E-state index contributed by atoms with van der Waals surface area (Å²) in [5.41, 5.74) is 2.66. The monoisotopic (exact) mass is 455 g/mol. The van der Waals surface area contributed by atoms with Crippen molar-refractivity contribution in [3.8, 4) is 11.3 Å². The lowest BCUT2D eigenvalue weighted by Gasteiger charge is -2.25. The van der Waals surface area contributed by atoms with Crippen LogP contribution in [0.3, 0.4) is 0 Å². The van der Waals surface area contributed by atoms with Crippen molar-refractivity contribution in [1.29, 1.82) is 0 Å². The molecule has 4 rings (SSSR count). The summed E-state index contributed by atoms with van der Waals surface area (Å²) < 4.78 is 11.4. The third-order valence-corrected chi connectivity index (χ3v) is 6.02. The first-order valence-corrected chi connectivity index (χ1v) is 10.8. The summed E-state index contributed by atoms with van der Waals surface area (Å²) in [7, 11) is 0. The maximum Gasteiger partial charge on any atom is 0.325 e. The van der Waals surface area contributed by atoms with E-state index in [0.717, 1.165) is 16.8 Å². The molecule has 0 amide bonds. The van der Waals surface area contributed by atoms with Gasteiger partial charge in [-0.1, -0.05) is 29.8 Å². The Bertz CT molecular complexity index is 1100. The molecule has 1 aliphatic rings. The minimum atomic E-state index is -0.361. The molecule has 1 aliphatic heterocycles. The SMILES string of the molecule is CCOC(=O)CN1C(=S)NC(c2ccccn2)C1c1ccc(-c2cccc(Cl)c2C)o1. The molecule has 1 saturated heterocycles. The van der Waals surface area contributed by atoms with Gasteiger partial charge in [0.05, 0.1) is 18.3 Å². The number of benzene rings is 1. The Hall–Kier alpha value is -2.90. The highest BCUT2D eigenvalue weighted by atomic mass is 35.5. The Kier molecular flexibility index (Phi) is 6.25. The van der Waals surface area contributed by atoms with E-state index in [1.807, 2.05) is 55.5 Å². The number of thiocarbonyl (C=S) groups is 1. The number of aromatic nitrogens is 1. The van der Waals surface area contributed by atoms with Crippen LogP contribution in [0.1, 0.15) is 36.0 Å². The highest BCUT2D eigenvalue weighted by Crippen LogP contribution is 2.41. The van der Waals surface area contributed by atoms with Crippen LogP contribution < -0.4 is 5.32 Å². The largest absolute Gasteiger partial charge is 0.465 e. The normalized spacial score (nSPS) is 18.2. The summed E-state index contributed by atoms with van der Waals surface area (Å²) in [5, 5.41) is 4.42. The van der Waals surface area contributed by atoms with Crippen LogP contribution in [0.15, 0.2) is 59.1 Å². The molecule has 160 valence electrons. The molecule has 3 aromatic rings. The van der Waals surface area contributed by atoms with Crippen LogP contribution in [0.25, 0.3) is 11.3 Å². The third-order valence-electron chi connectivity index (χ3n) is 5.25. The van der Waals surface area contributed by atoms with Crippen molar-refractivity contribution in [2.75, 3.05) is 13.2 Å².